The van der Waals surface area contributed by atoms with Gasteiger partial charge in [-0.1, -0.05) is 62.4 Å². The summed E-state index contributed by atoms with van der Waals surface area (Å²) in [6.45, 7) is 3.93. The second kappa shape index (κ2) is 10.0. The molecule has 182 valence electrons. The van der Waals surface area contributed by atoms with Gasteiger partial charge in [-0.3, -0.25) is 9.48 Å². The quantitative estimate of drug-likeness (QED) is 0.454. The molecular weight excluding hydrogens is 448 g/mol. The third kappa shape index (κ3) is 4.89. The third-order valence-corrected chi connectivity index (χ3v) is 6.35. The van der Waals surface area contributed by atoms with Crippen molar-refractivity contribution in [2.45, 2.75) is 19.8 Å². The van der Waals surface area contributed by atoms with Gasteiger partial charge in [0.2, 0.25) is 5.91 Å². The Bertz CT molecular complexity index is 1220. The van der Waals surface area contributed by atoms with Gasteiger partial charge >= 0.3 is 12.1 Å². The number of aromatic nitrogens is 2. The number of nitrogens with zero attached hydrogens (tertiary/aromatic N) is 2. The number of benzene rings is 2. The molecule has 0 saturated carbocycles. The van der Waals surface area contributed by atoms with Gasteiger partial charge in [0, 0.05) is 19.5 Å². The average molecular weight is 477 g/mol. The molecule has 35 heavy (non-hydrogen) atoms. The van der Waals surface area contributed by atoms with Gasteiger partial charge in [0.1, 0.15) is 6.61 Å². The Morgan fingerprint density at radius 2 is 1.66 bits per heavy atom. The molecule has 9 nitrogen and oxygen atoms in total. The highest BCUT2D eigenvalue weighted by Crippen LogP contribution is 2.44. The first-order chi connectivity index (χ1) is 16.8. The van der Waals surface area contributed by atoms with Crippen LogP contribution in [0.15, 0.2) is 54.7 Å². The summed E-state index contributed by atoms with van der Waals surface area (Å²) in [7, 11) is 1.48. The number of carboxylic acid groups (broad SMARTS) is 1. The molecule has 3 aromatic rings. The van der Waals surface area contributed by atoms with Gasteiger partial charge in [-0.15, -0.1) is 0 Å². The van der Waals surface area contributed by atoms with Crippen LogP contribution in [0.1, 0.15) is 41.4 Å². The molecule has 1 aromatic heterocycles. The molecule has 0 spiro atoms. The fourth-order valence-electron chi connectivity index (χ4n) is 4.48. The first kappa shape index (κ1) is 24.0. The number of fused-ring (bicyclic) bond motifs is 3. The van der Waals surface area contributed by atoms with Gasteiger partial charge in [-0.05, 0) is 28.2 Å². The van der Waals surface area contributed by atoms with Crippen molar-refractivity contribution in [3.8, 4) is 11.1 Å². The van der Waals surface area contributed by atoms with E-state index in [1.165, 1.54) is 17.9 Å². The topological polar surface area (TPSA) is 123 Å². The summed E-state index contributed by atoms with van der Waals surface area (Å²) in [6, 6.07) is 16.2. The van der Waals surface area contributed by atoms with Crippen LogP contribution in [0.4, 0.5) is 10.5 Å². The van der Waals surface area contributed by atoms with E-state index in [2.05, 4.69) is 27.9 Å². The van der Waals surface area contributed by atoms with Crippen LogP contribution in [-0.4, -0.2) is 46.0 Å². The van der Waals surface area contributed by atoms with Crippen molar-refractivity contribution in [3.05, 3.63) is 71.5 Å². The second-order valence-corrected chi connectivity index (χ2v) is 8.88. The summed E-state index contributed by atoms with van der Waals surface area (Å²) in [5.74, 6) is -2.38. The Morgan fingerprint density at radius 1 is 1.06 bits per heavy atom. The molecule has 2 aromatic carbocycles. The van der Waals surface area contributed by atoms with E-state index in [-0.39, 0.29) is 36.4 Å². The molecule has 1 aliphatic carbocycles. The van der Waals surface area contributed by atoms with E-state index in [0.717, 1.165) is 22.3 Å². The van der Waals surface area contributed by atoms with Gasteiger partial charge < -0.3 is 20.5 Å². The summed E-state index contributed by atoms with van der Waals surface area (Å²) in [6.07, 6.45) is 0.676. The SMILES string of the molecule is CC(C)C(CNC(=O)OCC1c2ccccc2-c2ccccc21)C(=O)Nc1cnn(C)c1C(=O)O. The predicted molar refractivity (Wildman–Crippen MR) is 130 cm³/mol. The minimum absolute atomic E-state index is 0.0445. The fourth-order valence-corrected chi connectivity index (χ4v) is 4.48. The Morgan fingerprint density at radius 3 is 2.23 bits per heavy atom. The second-order valence-electron chi connectivity index (χ2n) is 8.88. The lowest BCUT2D eigenvalue weighted by Crippen LogP contribution is -2.39. The molecule has 0 fully saturated rings. The van der Waals surface area contributed by atoms with Crippen molar-refractivity contribution in [1.29, 1.82) is 0 Å². The van der Waals surface area contributed by atoms with Crippen LogP contribution in [0.3, 0.4) is 0 Å². The Balaban J connectivity index is 1.37. The van der Waals surface area contributed by atoms with Gasteiger partial charge in [0.25, 0.3) is 0 Å². The number of amides is 2. The molecule has 3 N–H and O–H groups in total. The zero-order valence-electron chi connectivity index (χ0n) is 19.8. The van der Waals surface area contributed by atoms with Gasteiger partial charge in [0.15, 0.2) is 5.69 Å². The van der Waals surface area contributed by atoms with Gasteiger partial charge in [-0.2, -0.15) is 5.10 Å². The third-order valence-electron chi connectivity index (χ3n) is 6.35. The summed E-state index contributed by atoms with van der Waals surface area (Å²) < 4.78 is 6.73. The zero-order valence-corrected chi connectivity index (χ0v) is 19.8. The molecular formula is C26H28N4O5. The van der Waals surface area contributed by atoms with Crippen molar-refractivity contribution in [2.24, 2.45) is 18.9 Å². The molecule has 2 amide bonds. The number of carboxylic acids is 1. The van der Waals surface area contributed by atoms with Crippen molar-refractivity contribution in [3.63, 3.8) is 0 Å². The number of aromatic carboxylic acids is 1. The molecule has 1 atom stereocenters. The minimum Gasteiger partial charge on any atom is -0.476 e. The van der Waals surface area contributed by atoms with Crippen molar-refractivity contribution in [2.75, 3.05) is 18.5 Å². The number of carbonyl (C=O) groups excluding carboxylic acids is 2. The van der Waals surface area contributed by atoms with E-state index in [1.807, 2.05) is 50.2 Å². The van der Waals surface area contributed by atoms with Crippen molar-refractivity contribution in [1.82, 2.24) is 15.1 Å². The van der Waals surface area contributed by atoms with Crippen molar-refractivity contribution < 1.29 is 24.2 Å². The number of ether oxygens (including phenoxy) is 1. The highest BCUT2D eigenvalue weighted by Gasteiger charge is 2.30. The fraction of sp³-hybridized carbons (Fsp3) is 0.308. The lowest BCUT2D eigenvalue weighted by atomic mass is 9.94. The highest BCUT2D eigenvalue weighted by molar-refractivity contribution is 6.00. The molecule has 1 heterocycles. The number of hydrogen-bond acceptors (Lipinski definition) is 5. The number of anilines is 1. The smallest absolute Gasteiger partial charge is 0.407 e. The van der Waals surface area contributed by atoms with E-state index >= 15 is 0 Å². The highest BCUT2D eigenvalue weighted by atomic mass is 16.5. The van der Waals surface area contributed by atoms with E-state index < -0.39 is 23.9 Å². The summed E-state index contributed by atoms with van der Waals surface area (Å²) in [4.78, 5) is 36.8. The maximum absolute atomic E-state index is 12.9. The van der Waals surface area contributed by atoms with E-state index in [0.29, 0.717) is 0 Å². The first-order valence-corrected chi connectivity index (χ1v) is 11.4. The molecule has 9 heteroatoms. The van der Waals surface area contributed by atoms with Crippen LogP contribution >= 0.6 is 0 Å². The molecule has 1 unspecified atom stereocenters. The van der Waals surface area contributed by atoms with Crippen LogP contribution in [0.25, 0.3) is 11.1 Å². The van der Waals surface area contributed by atoms with Crippen LogP contribution in [-0.2, 0) is 16.6 Å². The molecule has 0 aliphatic heterocycles. The van der Waals surface area contributed by atoms with Crippen LogP contribution in [0.2, 0.25) is 0 Å². The normalized spacial score (nSPS) is 13.1. The predicted octanol–water partition coefficient (Wildman–Crippen LogP) is 3.87. The van der Waals surface area contributed by atoms with E-state index in [1.54, 1.807) is 0 Å². The van der Waals surface area contributed by atoms with Crippen molar-refractivity contribution >= 4 is 23.7 Å². The number of hydrogen-bond donors (Lipinski definition) is 3. The van der Waals surface area contributed by atoms with Crippen LogP contribution < -0.4 is 10.6 Å². The number of rotatable bonds is 8. The molecule has 4 rings (SSSR count). The standard InChI is InChI=1S/C26H28N4O5/c1-15(2)20(24(31)29-22-13-28-30(3)23(22)25(32)33)12-27-26(34)35-14-21-18-10-6-4-8-16(18)17-9-5-7-11-19(17)21/h4-11,13,15,20-21H,12,14H2,1-3H3,(H,27,34)(H,29,31)(H,32,33). The zero-order chi connectivity index (χ0) is 25.1. The van der Waals surface area contributed by atoms with E-state index in [4.69, 9.17) is 4.74 Å². The largest absolute Gasteiger partial charge is 0.476 e. The molecule has 1 aliphatic rings. The molecule has 0 radical (unpaired) electrons. The number of aryl methyl sites for hydroxylation is 1. The summed E-state index contributed by atoms with van der Waals surface area (Å²) in [5, 5.41) is 18.6. The van der Waals surface area contributed by atoms with Crippen LogP contribution in [0, 0.1) is 11.8 Å². The Labute approximate surface area is 203 Å². The molecule has 0 bridgehead atoms. The van der Waals surface area contributed by atoms with Crippen LogP contribution in [0.5, 0.6) is 0 Å². The lowest BCUT2D eigenvalue weighted by Gasteiger charge is -2.21. The maximum Gasteiger partial charge on any atom is 0.407 e. The summed E-state index contributed by atoms with van der Waals surface area (Å²) >= 11 is 0. The minimum atomic E-state index is -1.20. The number of carbonyl (C=O) groups is 3. The monoisotopic (exact) mass is 476 g/mol. The first-order valence-electron chi connectivity index (χ1n) is 11.4. The van der Waals surface area contributed by atoms with E-state index in [9.17, 15) is 19.5 Å². The average Bonchev–Trinajstić information content (AvgIpc) is 3.35. The Hall–Kier alpha value is -4.14. The molecule has 0 saturated heterocycles. The number of alkyl carbamates (subject to hydrolysis) is 1. The maximum atomic E-state index is 12.9. The van der Waals surface area contributed by atoms with Gasteiger partial charge in [-0.25, -0.2) is 9.59 Å². The lowest BCUT2D eigenvalue weighted by molar-refractivity contribution is -0.120. The Kier molecular flexibility index (Phi) is 6.86. The van der Waals surface area contributed by atoms with Gasteiger partial charge in [0.05, 0.1) is 17.8 Å². The summed E-state index contributed by atoms with van der Waals surface area (Å²) in [5.41, 5.74) is 4.51. The number of nitrogens with one attached hydrogen (secondary N) is 2.